The van der Waals surface area contributed by atoms with Crippen molar-refractivity contribution in [2.75, 3.05) is 26.7 Å². The molecule has 0 spiro atoms. The Kier molecular flexibility index (Phi) is 6.71. The van der Waals surface area contributed by atoms with Gasteiger partial charge in [0.15, 0.2) is 6.10 Å². The van der Waals surface area contributed by atoms with Crippen LogP contribution in [0.3, 0.4) is 0 Å². The standard InChI is InChI=1S/C16H22Cl2N2O4/c1-19-15(10-6-11(17)12(18)7-13(10)22)9-2-4-20(5-3-9)16(24)14(23)8-21/h6-7,9,14-15,19,21-23H,2-5,8H2,1H3/t14-,15?/m1/s1. The first-order chi connectivity index (χ1) is 11.4. The highest BCUT2D eigenvalue weighted by Gasteiger charge is 2.32. The third-order valence-electron chi connectivity index (χ3n) is 4.50. The molecule has 2 atom stereocenters. The molecular weight excluding hydrogens is 355 g/mol. The Morgan fingerprint density at radius 1 is 1.33 bits per heavy atom. The number of carbonyl (C=O) groups excluding carboxylic acids is 1. The van der Waals surface area contributed by atoms with Gasteiger partial charge in [0.2, 0.25) is 0 Å². The second kappa shape index (κ2) is 8.36. The normalized spacial score (nSPS) is 18.5. The number of nitrogens with one attached hydrogen (secondary N) is 1. The van der Waals surface area contributed by atoms with Crippen LogP contribution in [-0.4, -0.2) is 59.0 Å². The van der Waals surface area contributed by atoms with Crippen LogP contribution < -0.4 is 5.32 Å². The van der Waals surface area contributed by atoms with Crippen LogP contribution in [0.4, 0.5) is 0 Å². The van der Waals surface area contributed by atoms with Crippen molar-refractivity contribution in [2.24, 2.45) is 5.92 Å². The second-order valence-electron chi connectivity index (χ2n) is 5.95. The van der Waals surface area contributed by atoms with Crippen LogP contribution in [-0.2, 0) is 4.79 Å². The van der Waals surface area contributed by atoms with Crippen LogP contribution in [0.2, 0.25) is 10.0 Å². The number of aliphatic hydroxyl groups excluding tert-OH is 2. The molecule has 2 rings (SSSR count). The zero-order valence-electron chi connectivity index (χ0n) is 13.4. The van der Waals surface area contributed by atoms with Gasteiger partial charge in [0.1, 0.15) is 5.75 Å². The summed E-state index contributed by atoms with van der Waals surface area (Å²) in [5.74, 6) is -0.180. The van der Waals surface area contributed by atoms with E-state index in [1.807, 2.05) is 0 Å². The van der Waals surface area contributed by atoms with Crippen LogP contribution in [0.15, 0.2) is 12.1 Å². The van der Waals surface area contributed by atoms with E-state index < -0.39 is 18.6 Å². The summed E-state index contributed by atoms with van der Waals surface area (Å²) in [6.07, 6.45) is 0.0465. The van der Waals surface area contributed by atoms with Crippen LogP contribution >= 0.6 is 23.2 Å². The number of likely N-dealkylation sites (tertiary alicyclic amines) is 1. The molecule has 1 aliphatic rings. The molecule has 0 bridgehead atoms. The summed E-state index contributed by atoms with van der Waals surface area (Å²) in [6, 6.07) is 2.97. The number of hydrogen-bond donors (Lipinski definition) is 4. The molecule has 8 heteroatoms. The van der Waals surface area contributed by atoms with E-state index >= 15 is 0 Å². The van der Waals surface area contributed by atoms with Crippen LogP contribution in [0, 0.1) is 5.92 Å². The molecule has 1 amide bonds. The lowest BCUT2D eigenvalue weighted by Gasteiger charge is -2.37. The topological polar surface area (TPSA) is 93.0 Å². The maximum Gasteiger partial charge on any atom is 0.253 e. The molecule has 24 heavy (non-hydrogen) atoms. The third-order valence-corrected chi connectivity index (χ3v) is 5.22. The quantitative estimate of drug-likeness (QED) is 0.625. The average molecular weight is 377 g/mol. The number of nitrogens with zero attached hydrogens (tertiary/aromatic N) is 1. The van der Waals surface area contributed by atoms with E-state index in [9.17, 15) is 15.0 Å². The number of phenols is 1. The molecule has 0 aliphatic carbocycles. The Labute approximate surface area is 151 Å². The second-order valence-corrected chi connectivity index (χ2v) is 6.77. The van der Waals surface area contributed by atoms with Gasteiger partial charge in [-0.1, -0.05) is 23.2 Å². The molecule has 1 heterocycles. The number of carbonyl (C=O) groups is 1. The van der Waals surface area contributed by atoms with Gasteiger partial charge in [-0.05, 0) is 31.9 Å². The Balaban J connectivity index is 2.09. The molecule has 1 aromatic carbocycles. The number of rotatable bonds is 5. The monoisotopic (exact) mass is 376 g/mol. The number of halogens is 2. The Morgan fingerprint density at radius 2 is 1.92 bits per heavy atom. The molecule has 1 aliphatic heterocycles. The van der Waals surface area contributed by atoms with Crippen molar-refractivity contribution in [3.05, 3.63) is 27.7 Å². The van der Waals surface area contributed by atoms with Gasteiger partial charge in [-0.3, -0.25) is 4.79 Å². The van der Waals surface area contributed by atoms with Gasteiger partial charge in [0, 0.05) is 30.8 Å². The number of benzene rings is 1. The van der Waals surface area contributed by atoms with Crippen molar-refractivity contribution >= 4 is 29.1 Å². The predicted octanol–water partition coefficient (Wildman–Crippen LogP) is 1.55. The SMILES string of the molecule is CNC(c1cc(Cl)c(Cl)cc1O)C1CCN(C(=O)[C@H](O)CO)CC1. The molecule has 0 aromatic heterocycles. The molecule has 1 unspecified atom stereocenters. The van der Waals surface area contributed by atoms with Crippen molar-refractivity contribution in [1.82, 2.24) is 10.2 Å². The fraction of sp³-hybridized carbons (Fsp3) is 0.562. The Bertz CT molecular complexity index is 592. The van der Waals surface area contributed by atoms with E-state index in [2.05, 4.69) is 5.32 Å². The summed E-state index contributed by atoms with van der Waals surface area (Å²) in [4.78, 5) is 13.5. The van der Waals surface area contributed by atoms with E-state index in [0.29, 0.717) is 41.5 Å². The third kappa shape index (κ3) is 4.13. The number of hydrogen-bond acceptors (Lipinski definition) is 5. The number of aromatic hydroxyl groups is 1. The highest BCUT2D eigenvalue weighted by atomic mass is 35.5. The predicted molar refractivity (Wildman–Crippen MR) is 92.3 cm³/mol. The summed E-state index contributed by atoms with van der Waals surface area (Å²) in [5, 5.41) is 32.4. The lowest BCUT2D eigenvalue weighted by atomic mass is 9.85. The molecule has 4 N–H and O–H groups in total. The molecular formula is C16H22Cl2N2O4. The van der Waals surface area contributed by atoms with E-state index in [1.54, 1.807) is 18.0 Å². The molecule has 134 valence electrons. The van der Waals surface area contributed by atoms with Gasteiger partial charge in [-0.2, -0.15) is 0 Å². The van der Waals surface area contributed by atoms with E-state index in [0.717, 1.165) is 0 Å². The number of phenolic OH excluding ortho intramolecular Hbond substituents is 1. The molecule has 1 saturated heterocycles. The molecule has 1 aromatic rings. The lowest BCUT2D eigenvalue weighted by molar-refractivity contribution is -0.143. The maximum absolute atomic E-state index is 11.9. The summed E-state index contributed by atoms with van der Waals surface area (Å²) < 4.78 is 0. The molecule has 0 saturated carbocycles. The van der Waals surface area contributed by atoms with Crippen molar-refractivity contribution in [1.29, 1.82) is 0 Å². The molecule has 0 radical (unpaired) electrons. The smallest absolute Gasteiger partial charge is 0.253 e. The Hall–Kier alpha value is -1.05. The summed E-state index contributed by atoms with van der Waals surface area (Å²) in [5.41, 5.74) is 0.673. The van der Waals surface area contributed by atoms with Gasteiger partial charge in [0.25, 0.3) is 5.91 Å². The highest BCUT2D eigenvalue weighted by Crippen LogP contribution is 2.38. The first-order valence-electron chi connectivity index (χ1n) is 7.81. The summed E-state index contributed by atoms with van der Waals surface area (Å²) >= 11 is 12.0. The zero-order chi connectivity index (χ0) is 17.9. The van der Waals surface area contributed by atoms with Crippen molar-refractivity contribution in [3.8, 4) is 5.75 Å². The van der Waals surface area contributed by atoms with Gasteiger partial charge >= 0.3 is 0 Å². The van der Waals surface area contributed by atoms with Crippen LogP contribution in [0.1, 0.15) is 24.4 Å². The Morgan fingerprint density at radius 3 is 2.46 bits per heavy atom. The maximum atomic E-state index is 11.9. The minimum Gasteiger partial charge on any atom is -0.508 e. The van der Waals surface area contributed by atoms with Crippen LogP contribution in [0.5, 0.6) is 5.75 Å². The minimum absolute atomic E-state index is 0.0814. The minimum atomic E-state index is -1.36. The summed E-state index contributed by atoms with van der Waals surface area (Å²) in [7, 11) is 1.81. The summed E-state index contributed by atoms with van der Waals surface area (Å²) in [6.45, 7) is 0.400. The van der Waals surface area contributed by atoms with Crippen molar-refractivity contribution in [3.63, 3.8) is 0 Å². The zero-order valence-corrected chi connectivity index (χ0v) is 14.9. The van der Waals surface area contributed by atoms with Gasteiger partial charge in [-0.15, -0.1) is 0 Å². The molecule has 1 fully saturated rings. The van der Waals surface area contributed by atoms with E-state index in [1.165, 1.54) is 6.07 Å². The number of amides is 1. The fourth-order valence-corrected chi connectivity index (χ4v) is 3.52. The number of piperidine rings is 1. The van der Waals surface area contributed by atoms with Crippen LogP contribution in [0.25, 0.3) is 0 Å². The lowest BCUT2D eigenvalue weighted by Crippen LogP contribution is -2.46. The molecule has 6 nitrogen and oxygen atoms in total. The first kappa shape index (κ1) is 19.3. The van der Waals surface area contributed by atoms with E-state index in [4.69, 9.17) is 28.3 Å². The number of aliphatic hydroxyl groups is 2. The van der Waals surface area contributed by atoms with Gasteiger partial charge in [-0.25, -0.2) is 0 Å². The fourth-order valence-electron chi connectivity index (χ4n) is 3.19. The van der Waals surface area contributed by atoms with E-state index in [-0.39, 0.29) is 17.7 Å². The largest absolute Gasteiger partial charge is 0.508 e. The first-order valence-corrected chi connectivity index (χ1v) is 8.57. The van der Waals surface area contributed by atoms with Gasteiger partial charge in [0.05, 0.1) is 16.7 Å². The highest BCUT2D eigenvalue weighted by molar-refractivity contribution is 6.42. The van der Waals surface area contributed by atoms with Crippen molar-refractivity contribution in [2.45, 2.75) is 25.0 Å². The average Bonchev–Trinajstić information content (AvgIpc) is 2.59. The van der Waals surface area contributed by atoms with Gasteiger partial charge < -0.3 is 25.5 Å². The van der Waals surface area contributed by atoms with Crippen molar-refractivity contribution < 1.29 is 20.1 Å².